The monoisotopic (exact) mass is 146 g/mol. The van der Waals surface area contributed by atoms with Crippen molar-refractivity contribution in [1.29, 1.82) is 0 Å². The minimum atomic E-state index is 0.647. The lowest BCUT2D eigenvalue weighted by molar-refractivity contribution is -0.587. The maximum absolute atomic E-state index is 5.45. The molecule has 0 atom stereocenters. The van der Waals surface area contributed by atoms with Gasteiger partial charge in [-0.05, 0) is 0 Å². The fourth-order valence-corrected chi connectivity index (χ4v) is 1.10. The molecule has 0 aromatic heterocycles. The van der Waals surface area contributed by atoms with Gasteiger partial charge in [-0.25, -0.2) is 0 Å². The van der Waals surface area contributed by atoms with Gasteiger partial charge >= 0.3 is 0 Å². The molecule has 0 aliphatic carbocycles. The highest BCUT2D eigenvalue weighted by Crippen LogP contribution is 2.18. The van der Waals surface area contributed by atoms with Crippen molar-refractivity contribution in [2.24, 2.45) is 16.8 Å². The van der Waals surface area contributed by atoms with Gasteiger partial charge in [-0.3, -0.25) is 0 Å². The normalized spacial score (nSPS) is 23.0. The molecule has 4 N–H and O–H groups in total. The number of hydrazine groups is 1. The predicted octanol–water partition coefficient (Wildman–Crippen LogP) is -0.409. The van der Waals surface area contributed by atoms with Crippen molar-refractivity contribution in [2.45, 2.75) is 0 Å². The topological polar surface area (TPSA) is 70.6 Å². The van der Waals surface area contributed by atoms with E-state index in [1.807, 2.05) is 0 Å². The molecule has 0 spiro atoms. The first-order valence-corrected chi connectivity index (χ1v) is 3.16. The van der Waals surface area contributed by atoms with Crippen LogP contribution in [0, 0.1) is 0 Å². The van der Waals surface area contributed by atoms with Crippen molar-refractivity contribution in [3.63, 3.8) is 0 Å². The highest BCUT2D eigenvalue weighted by Gasteiger charge is 2.19. The van der Waals surface area contributed by atoms with Gasteiger partial charge in [0, 0.05) is 4.21 Å². The van der Waals surface area contributed by atoms with Gasteiger partial charge < -0.3 is 5.73 Å². The first kappa shape index (κ1) is 6.21. The van der Waals surface area contributed by atoms with Crippen LogP contribution in [0.1, 0.15) is 0 Å². The van der Waals surface area contributed by atoms with E-state index >= 15 is 0 Å². The summed E-state index contributed by atoms with van der Waals surface area (Å²) in [6.45, 7) is 0. The molecule has 0 fully saturated rings. The van der Waals surface area contributed by atoms with Crippen LogP contribution in [0.15, 0.2) is 16.5 Å². The zero-order valence-electron chi connectivity index (χ0n) is 4.98. The average Bonchev–Trinajstić information content (AvgIpc) is 2.15. The van der Waals surface area contributed by atoms with E-state index in [4.69, 9.17) is 11.6 Å². The van der Waals surface area contributed by atoms with Crippen LogP contribution in [0.4, 0.5) is 0 Å². The summed E-state index contributed by atoms with van der Waals surface area (Å²) in [5.41, 5.74) is 5.45. The Labute approximate surface area is 57.1 Å². The van der Waals surface area contributed by atoms with E-state index in [1.165, 1.54) is 16.2 Å². The molecule has 0 saturated carbocycles. The van der Waals surface area contributed by atoms with Crippen molar-refractivity contribution in [2.75, 3.05) is 7.05 Å². The lowest BCUT2D eigenvalue weighted by Gasteiger charge is -2.05. The summed E-state index contributed by atoms with van der Waals surface area (Å²) in [7, 11) is 1.78. The summed E-state index contributed by atoms with van der Waals surface area (Å²) >= 11 is 1.34. The number of nitrogens with zero attached hydrogens (tertiary/aromatic N) is 3. The van der Waals surface area contributed by atoms with Gasteiger partial charge in [0.05, 0.1) is 12.5 Å². The molecule has 0 amide bonds. The number of hydrogen-bond acceptors (Lipinski definition) is 3. The average molecular weight is 146 g/mol. The molecule has 0 saturated heterocycles. The van der Waals surface area contributed by atoms with E-state index in [1.54, 1.807) is 17.5 Å². The fourth-order valence-electron chi connectivity index (χ4n) is 0.452. The molecule has 0 aromatic rings. The highest BCUT2D eigenvalue weighted by molar-refractivity contribution is 7.96. The minimum absolute atomic E-state index is 0.647. The predicted molar refractivity (Wildman–Crippen MR) is 34.5 cm³/mol. The van der Waals surface area contributed by atoms with Crippen molar-refractivity contribution in [3.05, 3.63) is 11.2 Å². The fraction of sp³-hybridized carbons (Fsp3) is 0.333. The molecule has 1 heterocycles. The Morgan fingerprint density at radius 1 is 1.89 bits per heavy atom. The van der Waals surface area contributed by atoms with Gasteiger partial charge in [0.2, 0.25) is 0 Å². The first-order chi connectivity index (χ1) is 4.25. The lowest BCUT2D eigenvalue weighted by Crippen LogP contribution is -2.25. The zero-order valence-corrected chi connectivity index (χ0v) is 5.80. The van der Waals surface area contributed by atoms with Crippen LogP contribution in [-0.4, -0.2) is 16.3 Å². The lowest BCUT2D eigenvalue weighted by atomic mass is 10.8. The van der Waals surface area contributed by atoms with E-state index in [0.29, 0.717) is 5.82 Å². The summed E-state index contributed by atoms with van der Waals surface area (Å²) in [4.78, 5) is 0. The smallest absolute Gasteiger partial charge is 0.151 e. The van der Waals surface area contributed by atoms with Crippen LogP contribution in [0.5, 0.6) is 0 Å². The van der Waals surface area contributed by atoms with Crippen LogP contribution in [0.25, 0.3) is 0 Å². The largest absolute Gasteiger partial charge is 0.382 e. The van der Waals surface area contributed by atoms with Crippen LogP contribution in [0.3, 0.4) is 0 Å². The van der Waals surface area contributed by atoms with Crippen LogP contribution >= 0.6 is 11.9 Å². The van der Waals surface area contributed by atoms with Gasteiger partial charge in [-0.1, -0.05) is 0 Å². The van der Waals surface area contributed by atoms with E-state index in [0.717, 1.165) is 0 Å². The molecule has 1 aliphatic heterocycles. The maximum Gasteiger partial charge on any atom is 0.151 e. The Kier molecular flexibility index (Phi) is 1.48. The van der Waals surface area contributed by atoms with Gasteiger partial charge in [-0.15, -0.1) is 0 Å². The summed E-state index contributed by atoms with van der Waals surface area (Å²) in [6.07, 6.45) is 0. The van der Waals surface area contributed by atoms with E-state index in [2.05, 4.69) is 5.22 Å². The SMILES string of the molecule is CN1C(N)=CS[N+]1=NN. The molecular weight excluding hydrogens is 138 g/mol. The van der Waals surface area contributed by atoms with Crippen LogP contribution < -0.4 is 11.6 Å². The molecule has 0 aromatic carbocycles. The first-order valence-electron chi connectivity index (χ1n) is 2.32. The standard InChI is InChI=1S/C3H7N5S/c1-7-3(4)2-9-8(7)6-5/h2,5H,4H2,1H3/p+1. The van der Waals surface area contributed by atoms with Crippen molar-refractivity contribution in [1.82, 2.24) is 5.01 Å². The second-order valence-electron chi connectivity index (χ2n) is 1.54. The Bertz CT molecular complexity index is 173. The molecular formula is C3H8N5S+. The summed E-state index contributed by atoms with van der Waals surface area (Å²) in [5.74, 6) is 5.63. The maximum atomic E-state index is 5.45. The molecule has 6 heteroatoms. The molecule has 0 unspecified atom stereocenters. The summed E-state index contributed by atoms with van der Waals surface area (Å²) in [6, 6.07) is 0. The molecule has 5 nitrogen and oxygen atoms in total. The third-order valence-corrected chi connectivity index (χ3v) is 1.87. The van der Waals surface area contributed by atoms with Crippen molar-refractivity contribution >= 4 is 11.9 Å². The van der Waals surface area contributed by atoms with Gasteiger partial charge in [0.1, 0.15) is 17.2 Å². The van der Waals surface area contributed by atoms with E-state index < -0.39 is 0 Å². The molecule has 0 bridgehead atoms. The van der Waals surface area contributed by atoms with Gasteiger partial charge in [0.25, 0.3) is 0 Å². The molecule has 9 heavy (non-hydrogen) atoms. The minimum Gasteiger partial charge on any atom is -0.382 e. The third-order valence-electron chi connectivity index (χ3n) is 0.997. The van der Waals surface area contributed by atoms with Crippen LogP contribution in [-0.2, 0) is 0 Å². The molecule has 1 rings (SSSR count). The summed E-state index contributed by atoms with van der Waals surface area (Å²) < 4.78 is 1.48. The Morgan fingerprint density at radius 2 is 2.56 bits per heavy atom. The van der Waals surface area contributed by atoms with E-state index in [-0.39, 0.29) is 0 Å². The quantitative estimate of drug-likeness (QED) is 0.211. The van der Waals surface area contributed by atoms with Crippen molar-refractivity contribution < 1.29 is 4.21 Å². The second kappa shape index (κ2) is 2.14. The van der Waals surface area contributed by atoms with Gasteiger partial charge in [-0.2, -0.15) is 10.9 Å². The molecule has 1 aliphatic rings. The Balaban J connectivity index is 2.73. The Morgan fingerprint density at radius 3 is 2.78 bits per heavy atom. The number of nitrogens with two attached hydrogens (primary N) is 2. The third kappa shape index (κ3) is 0.925. The van der Waals surface area contributed by atoms with Crippen molar-refractivity contribution in [3.8, 4) is 0 Å². The summed E-state index contributed by atoms with van der Waals surface area (Å²) in [5, 5.41) is 6.81. The zero-order chi connectivity index (χ0) is 6.85. The molecule has 0 radical (unpaired) electrons. The Hall–Kier alpha value is -0.910. The number of rotatable bonds is 0. The second-order valence-corrected chi connectivity index (χ2v) is 2.31. The van der Waals surface area contributed by atoms with E-state index in [9.17, 15) is 0 Å². The number of hydrogen-bond donors (Lipinski definition) is 2. The highest BCUT2D eigenvalue weighted by atomic mass is 32.2. The van der Waals surface area contributed by atoms with Crippen LogP contribution in [0.2, 0.25) is 0 Å². The molecule has 50 valence electrons. The van der Waals surface area contributed by atoms with Gasteiger partial charge in [0.15, 0.2) is 5.82 Å².